The van der Waals surface area contributed by atoms with Crippen LogP contribution in [0.4, 0.5) is 0 Å². The summed E-state index contributed by atoms with van der Waals surface area (Å²) in [6, 6.07) is 12.4. The van der Waals surface area contributed by atoms with Crippen LogP contribution in [0.25, 0.3) is 11.4 Å². The van der Waals surface area contributed by atoms with Crippen LogP contribution in [0.3, 0.4) is 0 Å². The Hall–Kier alpha value is -3.78. The zero-order valence-corrected chi connectivity index (χ0v) is 19.7. The number of ketones is 1. The predicted molar refractivity (Wildman–Crippen MR) is 129 cm³/mol. The van der Waals surface area contributed by atoms with Crippen LogP contribution in [0.2, 0.25) is 0 Å². The van der Waals surface area contributed by atoms with E-state index in [9.17, 15) is 14.7 Å². The summed E-state index contributed by atoms with van der Waals surface area (Å²) in [5, 5.41) is 15.8. The van der Waals surface area contributed by atoms with Crippen molar-refractivity contribution >= 4 is 17.4 Å². The second-order valence-electron chi connectivity index (χ2n) is 8.20. The van der Waals surface area contributed by atoms with Gasteiger partial charge in [0.05, 0.1) is 34.8 Å². The maximum absolute atomic E-state index is 13.2. The van der Waals surface area contributed by atoms with Crippen LogP contribution in [-0.2, 0) is 9.59 Å². The second kappa shape index (κ2) is 10.0. The summed E-state index contributed by atoms with van der Waals surface area (Å²) in [7, 11) is 0. The number of likely N-dealkylation sites (N-methyl/N-ethyl adjacent to an activating group) is 1. The SMILES string of the molecule is CCN(CC)CCN1C(=O)C(=O)C(=C(O)c2cnn(-c3ccccc3)c2C)[C@@H]1c1cccnc1. The number of carbonyl (C=O) groups is 2. The molecule has 1 aliphatic rings. The number of rotatable bonds is 8. The topological polar surface area (TPSA) is 91.6 Å². The summed E-state index contributed by atoms with van der Waals surface area (Å²) in [6.07, 6.45) is 4.80. The Morgan fingerprint density at radius 2 is 1.79 bits per heavy atom. The molecular formula is C26H29N5O3. The van der Waals surface area contributed by atoms with Gasteiger partial charge in [0.25, 0.3) is 11.7 Å². The first kappa shape index (κ1) is 23.4. The second-order valence-corrected chi connectivity index (χ2v) is 8.20. The maximum Gasteiger partial charge on any atom is 0.295 e. The molecule has 3 heterocycles. The summed E-state index contributed by atoms with van der Waals surface area (Å²) in [4.78, 5) is 34.2. The molecule has 0 aliphatic carbocycles. The third kappa shape index (κ3) is 4.24. The van der Waals surface area contributed by atoms with Gasteiger partial charge in [-0.3, -0.25) is 14.6 Å². The van der Waals surface area contributed by atoms with E-state index in [0.717, 1.165) is 18.8 Å². The molecule has 0 radical (unpaired) electrons. The Labute approximate surface area is 199 Å². The molecule has 1 amide bonds. The Morgan fingerprint density at radius 3 is 2.44 bits per heavy atom. The van der Waals surface area contributed by atoms with E-state index in [1.807, 2.05) is 43.3 Å². The monoisotopic (exact) mass is 459 g/mol. The van der Waals surface area contributed by atoms with E-state index >= 15 is 0 Å². The van der Waals surface area contributed by atoms with Crippen molar-refractivity contribution in [1.82, 2.24) is 24.6 Å². The molecule has 1 N–H and O–H groups in total. The molecule has 4 rings (SSSR count). The summed E-state index contributed by atoms with van der Waals surface area (Å²) in [5.41, 5.74) is 2.66. The Bertz CT molecular complexity index is 1200. The number of nitrogens with zero attached hydrogens (tertiary/aromatic N) is 5. The molecule has 1 atom stereocenters. The molecule has 0 unspecified atom stereocenters. The summed E-state index contributed by atoms with van der Waals surface area (Å²) in [6.45, 7) is 8.62. The van der Waals surface area contributed by atoms with Crippen molar-refractivity contribution in [3.63, 3.8) is 0 Å². The molecule has 1 fully saturated rings. The van der Waals surface area contributed by atoms with Gasteiger partial charge < -0.3 is 14.9 Å². The Kier molecular flexibility index (Phi) is 6.88. The zero-order valence-electron chi connectivity index (χ0n) is 19.7. The fraction of sp³-hybridized carbons (Fsp3) is 0.308. The van der Waals surface area contributed by atoms with E-state index in [1.54, 1.807) is 28.0 Å². The smallest absolute Gasteiger partial charge is 0.295 e. The lowest BCUT2D eigenvalue weighted by Gasteiger charge is -2.28. The largest absolute Gasteiger partial charge is 0.507 e. The molecule has 34 heavy (non-hydrogen) atoms. The number of benzene rings is 1. The highest BCUT2D eigenvalue weighted by molar-refractivity contribution is 6.46. The van der Waals surface area contributed by atoms with E-state index < -0.39 is 17.7 Å². The highest BCUT2D eigenvalue weighted by Crippen LogP contribution is 2.39. The van der Waals surface area contributed by atoms with Gasteiger partial charge in [-0.25, -0.2) is 4.68 Å². The molecule has 0 saturated carbocycles. The number of Topliss-reactive ketones (excluding diaryl/α,β-unsaturated/α-hetero) is 1. The van der Waals surface area contributed by atoms with Gasteiger partial charge in [-0.2, -0.15) is 5.10 Å². The number of aliphatic hydroxyl groups is 1. The molecule has 1 aromatic carbocycles. The number of hydrogen-bond donors (Lipinski definition) is 1. The lowest BCUT2D eigenvalue weighted by atomic mass is 9.96. The standard InChI is InChI=1S/C26H29N5O3/c1-4-29(5-2)14-15-30-23(19-10-9-13-27-16-19)22(25(33)26(30)34)24(32)21-17-28-31(18(21)3)20-11-7-6-8-12-20/h6-13,16-17,23,32H,4-5,14-15H2,1-3H3/t23-/m0/s1. The average Bonchev–Trinajstić information content (AvgIpc) is 3.38. The van der Waals surface area contributed by atoms with Crippen LogP contribution < -0.4 is 0 Å². The number of aliphatic hydroxyl groups excluding tert-OH is 1. The number of carbonyl (C=O) groups excluding carboxylic acids is 2. The first-order chi connectivity index (χ1) is 16.5. The molecule has 176 valence electrons. The number of likely N-dealkylation sites (tertiary alicyclic amines) is 1. The molecule has 0 spiro atoms. The van der Waals surface area contributed by atoms with Crippen molar-refractivity contribution in [3.05, 3.63) is 83.4 Å². The zero-order chi connectivity index (χ0) is 24.2. The van der Waals surface area contributed by atoms with E-state index in [4.69, 9.17) is 0 Å². The molecule has 1 saturated heterocycles. The predicted octanol–water partition coefficient (Wildman–Crippen LogP) is 3.34. The van der Waals surface area contributed by atoms with E-state index in [-0.39, 0.29) is 11.3 Å². The molecule has 3 aromatic rings. The Morgan fingerprint density at radius 1 is 1.06 bits per heavy atom. The van der Waals surface area contributed by atoms with Crippen molar-refractivity contribution in [2.24, 2.45) is 0 Å². The quantitative estimate of drug-likeness (QED) is 0.316. The first-order valence-corrected chi connectivity index (χ1v) is 11.5. The van der Waals surface area contributed by atoms with E-state index in [2.05, 4.69) is 28.8 Å². The van der Waals surface area contributed by atoms with Gasteiger partial charge in [0.15, 0.2) is 0 Å². The van der Waals surface area contributed by atoms with Crippen LogP contribution in [0.15, 0.2) is 66.6 Å². The highest BCUT2D eigenvalue weighted by Gasteiger charge is 2.46. The number of para-hydroxylation sites is 1. The van der Waals surface area contributed by atoms with Crippen LogP contribution in [0.1, 0.15) is 36.7 Å². The molecular weight excluding hydrogens is 430 g/mol. The summed E-state index contributed by atoms with van der Waals surface area (Å²) >= 11 is 0. The summed E-state index contributed by atoms with van der Waals surface area (Å²) in [5.74, 6) is -1.54. The Balaban J connectivity index is 1.79. The maximum atomic E-state index is 13.2. The van der Waals surface area contributed by atoms with Gasteiger partial charge in [0.2, 0.25) is 0 Å². The average molecular weight is 460 g/mol. The van der Waals surface area contributed by atoms with Crippen molar-refractivity contribution in [1.29, 1.82) is 0 Å². The number of aromatic nitrogens is 3. The highest BCUT2D eigenvalue weighted by atomic mass is 16.3. The van der Waals surface area contributed by atoms with Crippen LogP contribution in [0, 0.1) is 6.92 Å². The fourth-order valence-corrected chi connectivity index (χ4v) is 4.40. The number of amides is 1. The van der Waals surface area contributed by atoms with Crippen LogP contribution >= 0.6 is 0 Å². The van der Waals surface area contributed by atoms with Gasteiger partial charge in [-0.1, -0.05) is 38.1 Å². The normalized spacial score (nSPS) is 17.6. The number of hydrogen-bond acceptors (Lipinski definition) is 6. The van der Waals surface area contributed by atoms with Gasteiger partial charge >= 0.3 is 0 Å². The van der Waals surface area contributed by atoms with Crippen molar-refractivity contribution in [3.8, 4) is 5.69 Å². The minimum atomic E-state index is -0.719. The summed E-state index contributed by atoms with van der Waals surface area (Å²) < 4.78 is 1.70. The number of pyridine rings is 1. The van der Waals surface area contributed by atoms with Gasteiger partial charge in [-0.15, -0.1) is 0 Å². The first-order valence-electron chi connectivity index (χ1n) is 11.5. The van der Waals surface area contributed by atoms with E-state index in [1.165, 1.54) is 6.20 Å². The molecule has 8 nitrogen and oxygen atoms in total. The van der Waals surface area contributed by atoms with Crippen molar-refractivity contribution < 1.29 is 14.7 Å². The third-order valence-corrected chi connectivity index (χ3v) is 6.36. The van der Waals surface area contributed by atoms with Gasteiger partial charge in [0.1, 0.15) is 5.76 Å². The lowest BCUT2D eigenvalue weighted by molar-refractivity contribution is -0.140. The minimum Gasteiger partial charge on any atom is -0.507 e. The molecule has 1 aliphatic heterocycles. The third-order valence-electron chi connectivity index (χ3n) is 6.36. The van der Waals surface area contributed by atoms with Crippen LogP contribution in [-0.4, -0.2) is 67.5 Å². The van der Waals surface area contributed by atoms with Gasteiger partial charge in [0, 0.05) is 25.5 Å². The molecule has 2 aromatic heterocycles. The van der Waals surface area contributed by atoms with Gasteiger partial charge in [-0.05, 0) is 43.8 Å². The minimum absolute atomic E-state index is 0.0632. The molecule has 0 bridgehead atoms. The lowest BCUT2D eigenvalue weighted by Crippen LogP contribution is -2.38. The van der Waals surface area contributed by atoms with E-state index in [0.29, 0.717) is 29.9 Å². The van der Waals surface area contributed by atoms with Crippen molar-refractivity contribution in [2.45, 2.75) is 26.8 Å². The van der Waals surface area contributed by atoms with Crippen LogP contribution in [0.5, 0.6) is 0 Å². The molecule has 8 heteroatoms. The fourth-order valence-electron chi connectivity index (χ4n) is 4.40. The van der Waals surface area contributed by atoms with Crippen molar-refractivity contribution in [2.75, 3.05) is 26.2 Å².